The number of hydrogen-bond donors (Lipinski definition) is 1. The zero-order chi connectivity index (χ0) is 16.0. The van der Waals surface area contributed by atoms with Crippen LogP contribution in [0, 0.1) is 28.1 Å². The van der Waals surface area contributed by atoms with E-state index >= 15 is 0 Å². The lowest BCUT2D eigenvalue weighted by Crippen LogP contribution is -2.34. The molecule has 0 heterocycles. The third-order valence-electron chi connectivity index (χ3n) is 6.06. The van der Waals surface area contributed by atoms with Crippen LogP contribution in [0.3, 0.4) is 0 Å². The highest BCUT2D eigenvalue weighted by molar-refractivity contribution is 5.98. The molecule has 114 valence electrons. The van der Waals surface area contributed by atoms with Crippen LogP contribution in [0.25, 0.3) is 0 Å². The minimum absolute atomic E-state index is 0.0828. The summed E-state index contributed by atoms with van der Waals surface area (Å²) in [4.78, 5) is 12.2. The summed E-state index contributed by atoms with van der Waals surface area (Å²) >= 11 is 0. The molecule has 3 rings (SSSR count). The number of benzene rings is 1. The predicted molar refractivity (Wildman–Crippen MR) is 85.3 cm³/mol. The van der Waals surface area contributed by atoms with Crippen LogP contribution < -0.4 is 5.43 Å². The van der Waals surface area contributed by atoms with Crippen molar-refractivity contribution in [2.24, 2.45) is 21.8 Å². The molecule has 1 aromatic rings. The Labute approximate surface area is 131 Å². The number of hydrogen-bond acceptors (Lipinski definition) is 3. The fourth-order valence-corrected chi connectivity index (χ4v) is 4.01. The molecule has 0 unspecified atom stereocenters. The van der Waals surface area contributed by atoms with Gasteiger partial charge in [0, 0.05) is 16.7 Å². The summed E-state index contributed by atoms with van der Waals surface area (Å²) in [5.74, 6) is 0.406. The number of rotatable bonds is 2. The predicted octanol–water partition coefficient (Wildman–Crippen LogP) is 3.49. The van der Waals surface area contributed by atoms with Crippen LogP contribution in [-0.2, 0) is 0 Å². The Morgan fingerprint density at radius 1 is 1.41 bits per heavy atom. The van der Waals surface area contributed by atoms with Crippen molar-refractivity contribution in [1.29, 1.82) is 5.26 Å². The van der Waals surface area contributed by atoms with E-state index in [1.807, 2.05) is 6.07 Å². The van der Waals surface area contributed by atoms with E-state index in [2.05, 4.69) is 31.3 Å². The molecule has 0 radical (unpaired) electrons. The van der Waals surface area contributed by atoms with Gasteiger partial charge in [0.1, 0.15) is 0 Å². The summed E-state index contributed by atoms with van der Waals surface area (Å²) in [5.41, 5.74) is 5.07. The summed E-state index contributed by atoms with van der Waals surface area (Å²) in [6.07, 6.45) is 3.37. The van der Waals surface area contributed by atoms with Gasteiger partial charge >= 0.3 is 0 Å². The minimum atomic E-state index is -0.256. The second-order valence-corrected chi connectivity index (χ2v) is 7.19. The number of hydrazone groups is 1. The zero-order valence-corrected chi connectivity index (χ0v) is 13.3. The molecule has 2 bridgehead atoms. The molecule has 0 aromatic heterocycles. The topological polar surface area (TPSA) is 65.2 Å². The second-order valence-electron chi connectivity index (χ2n) is 7.19. The van der Waals surface area contributed by atoms with E-state index in [9.17, 15) is 4.79 Å². The van der Waals surface area contributed by atoms with E-state index in [1.165, 1.54) is 6.42 Å². The van der Waals surface area contributed by atoms with Gasteiger partial charge in [-0.25, -0.2) is 5.43 Å². The lowest BCUT2D eigenvalue weighted by molar-refractivity contribution is 0.0954. The molecule has 1 amide bonds. The molecular formula is C18H21N3O. The largest absolute Gasteiger partial charge is 0.271 e. The second kappa shape index (κ2) is 4.95. The molecule has 0 saturated heterocycles. The number of fused-ring (bicyclic) bond motifs is 2. The Kier molecular flexibility index (Phi) is 3.32. The molecule has 1 N–H and O–H groups in total. The average Bonchev–Trinajstić information content (AvgIpc) is 2.85. The molecule has 2 saturated carbocycles. The van der Waals surface area contributed by atoms with Gasteiger partial charge in [0.05, 0.1) is 11.6 Å². The Bertz CT molecular complexity index is 699. The van der Waals surface area contributed by atoms with Crippen molar-refractivity contribution < 1.29 is 4.79 Å². The van der Waals surface area contributed by atoms with Gasteiger partial charge in [-0.3, -0.25) is 4.79 Å². The highest BCUT2D eigenvalue weighted by Gasteiger charge is 2.59. The smallest absolute Gasteiger partial charge is 0.267 e. The summed E-state index contributed by atoms with van der Waals surface area (Å²) < 4.78 is 0. The van der Waals surface area contributed by atoms with Crippen molar-refractivity contribution in [1.82, 2.24) is 5.43 Å². The first-order valence-corrected chi connectivity index (χ1v) is 7.76. The van der Waals surface area contributed by atoms with Gasteiger partial charge < -0.3 is 0 Å². The van der Waals surface area contributed by atoms with Gasteiger partial charge in [-0.2, -0.15) is 10.4 Å². The van der Waals surface area contributed by atoms with Crippen molar-refractivity contribution in [3.63, 3.8) is 0 Å². The van der Waals surface area contributed by atoms with Crippen LogP contribution in [0.1, 0.15) is 56.0 Å². The van der Waals surface area contributed by atoms with E-state index in [4.69, 9.17) is 5.26 Å². The molecule has 2 fully saturated rings. The van der Waals surface area contributed by atoms with Gasteiger partial charge in [0.15, 0.2) is 0 Å². The van der Waals surface area contributed by atoms with Gasteiger partial charge in [-0.15, -0.1) is 0 Å². The zero-order valence-electron chi connectivity index (χ0n) is 13.3. The van der Waals surface area contributed by atoms with Gasteiger partial charge in [-0.05, 0) is 48.8 Å². The van der Waals surface area contributed by atoms with Crippen molar-refractivity contribution >= 4 is 11.6 Å². The fourth-order valence-electron chi connectivity index (χ4n) is 4.01. The first-order valence-electron chi connectivity index (χ1n) is 7.76. The third-order valence-corrected chi connectivity index (χ3v) is 6.06. The molecule has 1 aromatic carbocycles. The number of nitriles is 1. The third kappa shape index (κ3) is 2.04. The molecule has 2 aliphatic rings. The van der Waals surface area contributed by atoms with Crippen LogP contribution in [0.4, 0.5) is 0 Å². The molecule has 4 nitrogen and oxygen atoms in total. The maximum Gasteiger partial charge on any atom is 0.271 e. The number of carbonyl (C=O) groups is 1. The molecular weight excluding hydrogens is 274 g/mol. The van der Waals surface area contributed by atoms with E-state index in [1.54, 1.807) is 24.3 Å². The Hall–Kier alpha value is -2.15. The monoisotopic (exact) mass is 295 g/mol. The number of carbonyl (C=O) groups excluding carboxylic acids is 1. The standard InChI is InChI=1S/C18H21N3O/c1-17(2)14-7-8-18(17,3)15(10-14)20-21-16(22)13-6-4-5-12(9-13)11-19/h4-6,9,14H,7-8,10H2,1-3H3,(H,21,22)/b20-15+/t14-,18-/m1/s1. The Balaban J connectivity index is 1.78. The molecule has 0 aliphatic heterocycles. The molecule has 22 heavy (non-hydrogen) atoms. The molecule has 4 heteroatoms. The van der Waals surface area contributed by atoms with E-state index in [0.29, 0.717) is 17.0 Å². The summed E-state index contributed by atoms with van der Waals surface area (Å²) in [7, 11) is 0. The van der Waals surface area contributed by atoms with Gasteiger partial charge in [0.25, 0.3) is 5.91 Å². The van der Waals surface area contributed by atoms with E-state index < -0.39 is 0 Å². The highest BCUT2D eigenvalue weighted by atomic mass is 16.2. The fraction of sp³-hybridized carbons (Fsp3) is 0.500. The SMILES string of the molecule is CC1(C)[C@@H]2CC[C@]1(C)/C(=N/NC(=O)c1cccc(C#N)c1)C2. The average molecular weight is 295 g/mol. The van der Waals surface area contributed by atoms with Crippen LogP contribution in [0.2, 0.25) is 0 Å². The van der Waals surface area contributed by atoms with Crippen LogP contribution in [0.15, 0.2) is 29.4 Å². The van der Waals surface area contributed by atoms with Crippen molar-refractivity contribution in [3.05, 3.63) is 35.4 Å². The highest BCUT2D eigenvalue weighted by Crippen LogP contribution is 2.63. The Morgan fingerprint density at radius 3 is 2.77 bits per heavy atom. The minimum Gasteiger partial charge on any atom is -0.267 e. The van der Waals surface area contributed by atoms with Crippen molar-refractivity contribution in [2.45, 2.75) is 40.0 Å². The van der Waals surface area contributed by atoms with E-state index in [-0.39, 0.29) is 16.7 Å². The number of amides is 1. The van der Waals surface area contributed by atoms with Crippen molar-refractivity contribution in [3.8, 4) is 6.07 Å². The molecule has 0 spiro atoms. The van der Waals surface area contributed by atoms with Gasteiger partial charge in [-0.1, -0.05) is 26.8 Å². The lowest BCUT2D eigenvalue weighted by Gasteiger charge is -2.34. The van der Waals surface area contributed by atoms with E-state index in [0.717, 1.165) is 18.6 Å². The summed E-state index contributed by atoms with van der Waals surface area (Å²) in [6.45, 7) is 6.89. The Morgan fingerprint density at radius 2 is 2.18 bits per heavy atom. The summed E-state index contributed by atoms with van der Waals surface area (Å²) in [6, 6.07) is 8.72. The first kappa shape index (κ1) is 14.8. The summed E-state index contributed by atoms with van der Waals surface area (Å²) in [5, 5.41) is 13.3. The van der Waals surface area contributed by atoms with Crippen LogP contribution in [-0.4, -0.2) is 11.6 Å². The number of nitrogens with one attached hydrogen (secondary N) is 1. The van der Waals surface area contributed by atoms with Crippen LogP contribution >= 0.6 is 0 Å². The van der Waals surface area contributed by atoms with Gasteiger partial charge in [0.2, 0.25) is 0 Å². The van der Waals surface area contributed by atoms with Crippen molar-refractivity contribution in [2.75, 3.05) is 0 Å². The maximum atomic E-state index is 12.2. The first-order chi connectivity index (χ1) is 10.4. The normalized spacial score (nSPS) is 30.3. The van der Waals surface area contributed by atoms with Crippen LogP contribution in [0.5, 0.6) is 0 Å². The molecule has 2 aliphatic carbocycles. The molecule has 2 atom stereocenters. The maximum absolute atomic E-state index is 12.2. The quantitative estimate of drug-likeness (QED) is 0.849. The lowest BCUT2D eigenvalue weighted by atomic mass is 9.70. The number of nitrogens with zero attached hydrogens (tertiary/aromatic N) is 2.